The van der Waals surface area contributed by atoms with E-state index in [9.17, 15) is 4.79 Å². The summed E-state index contributed by atoms with van der Waals surface area (Å²) < 4.78 is 16.1. The topological polar surface area (TPSA) is 56.8 Å². The first-order chi connectivity index (χ1) is 9.13. The summed E-state index contributed by atoms with van der Waals surface area (Å²) in [5.74, 6) is 1.24. The van der Waals surface area contributed by atoms with E-state index in [-0.39, 0.29) is 12.2 Å². The van der Waals surface area contributed by atoms with Gasteiger partial charge in [-0.25, -0.2) is 4.79 Å². The molecule has 0 aliphatic carbocycles. The maximum atomic E-state index is 11.1. The molecule has 19 heavy (non-hydrogen) atoms. The molecule has 1 amide bonds. The Labute approximate surface area is 112 Å². The zero-order valence-electron chi connectivity index (χ0n) is 11.0. The summed E-state index contributed by atoms with van der Waals surface area (Å²) in [5, 5.41) is 2.62. The molecular weight excluding hydrogens is 246 g/mol. The number of rotatable bonds is 5. The van der Waals surface area contributed by atoms with Crippen LogP contribution >= 0.6 is 0 Å². The molecule has 0 saturated carbocycles. The molecule has 1 aromatic carbocycles. The smallest absolute Gasteiger partial charge is 0.407 e. The summed E-state index contributed by atoms with van der Waals surface area (Å²) in [5.41, 5.74) is 0.866. The van der Waals surface area contributed by atoms with Crippen LogP contribution in [-0.2, 0) is 4.74 Å². The van der Waals surface area contributed by atoms with Gasteiger partial charge in [0.25, 0.3) is 0 Å². The number of cyclic esters (lactones) is 1. The van der Waals surface area contributed by atoms with Crippen LogP contribution in [-0.4, -0.2) is 25.9 Å². The molecule has 0 radical (unpaired) electrons. The summed E-state index contributed by atoms with van der Waals surface area (Å²) in [7, 11) is 1.58. The molecule has 1 heterocycles. The predicted octanol–water partition coefficient (Wildman–Crippen LogP) is 2.43. The Kier molecular flexibility index (Phi) is 3.94. The molecule has 0 bridgehead atoms. The summed E-state index contributed by atoms with van der Waals surface area (Å²) in [4.78, 5) is 11.1. The number of ether oxygens (including phenoxy) is 3. The minimum Gasteiger partial charge on any atom is -0.493 e. The number of amides is 1. The third kappa shape index (κ3) is 2.99. The lowest BCUT2D eigenvalue weighted by atomic mass is 10.1. The molecule has 2 unspecified atom stereocenters. The summed E-state index contributed by atoms with van der Waals surface area (Å²) >= 11 is 0. The van der Waals surface area contributed by atoms with E-state index in [0.29, 0.717) is 18.0 Å². The van der Waals surface area contributed by atoms with Gasteiger partial charge in [0.2, 0.25) is 0 Å². The van der Waals surface area contributed by atoms with Crippen molar-refractivity contribution >= 4 is 6.09 Å². The lowest BCUT2D eigenvalue weighted by Gasteiger charge is -2.16. The standard InChI is InChI=1S/C14H17NO4/c1-4-9(2)18-12-7-10(5-6-11(12)17-3)13-8-15-14(16)19-13/h4-7,9,13H,1,8H2,2-3H3,(H,15,16). The highest BCUT2D eigenvalue weighted by Gasteiger charge is 2.25. The number of hydrogen-bond acceptors (Lipinski definition) is 4. The van der Waals surface area contributed by atoms with Crippen LogP contribution in [0.2, 0.25) is 0 Å². The van der Waals surface area contributed by atoms with Crippen LogP contribution in [0.1, 0.15) is 18.6 Å². The number of methoxy groups -OCH3 is 1. The quantitative estimate of drug-likeness (QED) is 0.829. The summed E-state index contributed by atoms with van der Waals surface area (Å²) in [6.07, 6.45) is 0.874. The van der Waals surface area contributed by atoms with Gasteiger partial charge in [0.15, 0.2) is 11.5 Å². The van der Waals surface area contributed by atoms with Gasteiger partial charge in [-0.2, -0.15) is 0 Å². The molecule has 0 aromatic heterocycles. The number of carbonyl (C=O) groups excluding carboxylic acids is 1. The van der Waals surface area contributed by atoms with Crippen molar-refractivity contribution in [1.82, 2.24) is 5.32 Å². The molecule has 2 atom stereocenters. The van der Waals surface area contributed by atoms with E-state index < -0.39 is 6.09 Å². The first-order valence-electron chi connectivity index (χ1n) is 6.05. The Morgan fingerprint density at radius 1 is 1.53 bits per heavy atom. The Bertz CT molecular complexity index is 486. The monoisotopic (exact) mass is 263 g/mol. The van der Waals surface area contributed by atoms with Crippen molar-refractivity contribution < 1.29 is 19.0 Å². The van der Waals surface area contributed by atoms with Crippen LogP contribution in [0.25, 0.3) is 0 Å². The van der Waals surface area contributed by atoms with E-state index in [0.717, 1.165) is 5.56 Å². The second-order valence-corrected chi connectivity index (χ2v) is 4.24. The van der Waals surface area contributed by atoms with Gasteiger partial charge in [0, 0.05) is 0 Å². The van der Waals surface area contributed by atoms with E-state index in [4.69, 9.17) is 14.2 Å². The normalized spacial score (nSPS) is 19.3. The molecule has 102 valence electrons. The second kappa shape index (κ2) is 5.65. The lowest BCUT2D eigenvalue weighted by molar-refractivity contribution is 0.140. The molecule has 2 rings (SSSR count). The zero-order chi connectivity index (χ0) is 13.8. The number of hydrogen-bond donors (Lipinski definition) is 1. The Balaban J connectivity index is 2.24. The highest BCUT2D eigenvalue weighted by Crippen LogP contribution is 2.33. The van der Waals surface area contributed by atoms with Crippen molar-refractivity contribution in [3.63, 3.8) is 0 Å². The lowest BCUT2D eigenvalue weighted by Crippen LogP contribution is -2.12. The predicted molar refractivity (Wildman–Crippen MR) is 70.5 cm³/mol. The second-order valence-electron chi connectivity index (χ2n) is 4.24. The van der Waals surface area contributed by atoms with Crippen molar-refractivity contribution in [2.45, 2.75) is 19.1 Å². The van der Waals surface area contributed by atoms with Crippen molar-refractivity contribution in [3.8, 4) is 11.5 Å². The van der Waals surface area contributed by atoms with Gasteiger partial charge in [-0.05, 0) is 24.6 Å². The van der Waals surface area contributed by atoms with E-state index >= 15 is 0 Å². The average molecular weight is 263 g/mol. The van der Waals surface area contributed by atoms with Gasteiger partial charge in [0.05, 0.1) is 13.7 Å². The highest BCUT2D eigenvalue weighted by atomic mass is 16.6. The molecule has 5 heteroatoms. The minimum absolute atomic E-state index is 0.131. The third-order valence-electron chi connectivity index (χ3n) is 2.89. The van der Waals surface area contributed by atoms with Gasteiger partial charge in [0.1, 0.15) is 12.2 Å². The molecule has 1 saturated heterocycles. The molecular formula is C14H17NO4. The molecule has 1 aliphatic rings. The zero-order valence-corrected chi connectivity index (χ0v) is 11.0. The highest BCUT2D eigenvalue weighted by molar-refractivity contribution is 5.69. The van der Waals surface area contributed by atoms with Crippen molar-refractivity contribution in [3.05, 3.63) is 36.4 Å². The van der Waals surface area contributed by atoms with E-state index in [2.05, 4.69) is 11.9 Å². The SMILES string of the molecule is C=CC(C)Oc1cc(C2CNC(=O)O2)ccc1OC. The molecule has 1 fully saturated rings. The van der Waals surface area contributed by atoms with Gasteiger partial charge >= 0.3 is 6.09 Å². The number of alkyl carbamates (subject to hydrolysis) is 1. The van der Waals surface area contributed by atoms with Crippen LogP contribution < -0.4 is 14.8 Å². The van der Waals surface area contributed by atoms with E-state index in [1.807, 2.05) is 19.1 Å². The number of nitrogens with one attached hydrogen (secondary N) is 1. The third-order valence-corrected chi connectivity index (χ3v) is 2.89. The molecule has 1 aliphatic heterocycles. The van der Waals surface area contributed by atoms with Gasteiger partial charge in [-0.3, -0.25) is 0 Å². The Hall–Kier alpha value is -2.17. The van der Waals surface area contributed by atoms with Gasteiger partial charge < -0.3 is 19.5 Å². The fourth-order valence-electron chi connectivity index (χ4n) is 1.81. The molecule has 1 N–H and O–H groups in total. The summed E-state index contributed by atoms with van der Waals surface area (Å²) in [6, 6.07) is 5.48. The fourth-order valence-corrected chi connectivity index (χ4v) is 1.81. The van der Waals surface area contributed by atoms with E-state index in [1.54, 1.807) is 19.3 Å². The van der Waals surface area contributed by atoms with Crippen LogP contribution in [0.4, 0.5) is 4.79 Å². The molecule has 1 aromatic rings. The van der Waals surface area contributed by atoms with Crippen LogP contribution in [0.5, 0.6) is 11.5 Å². The molecule has 0 spiro atoms. The Morgan fingerprint density at radius 3 is 2.89 bits per heavy atom. The fraction of sp³-hybridized carbons (Fsp3) is 0.357. The van der Waals surface area contributed by atoms with Crippen LogP contribution in [0.15, 0.2) is 30.9 Å². The number of carbonyl (C=O) groups is 1. The van der Waals surface area contributed by atoms with Crippen LogP contribution in [0.3, 0.4) is 0 Å². The van der Waals surface area contributed by atoms with Crippen molar-refractivity contribution in [1.29, 1.82) is 0 Å². The van der Waals surface area contributed by atoms with Gasteiger partial charge in [-0.1, -0.05) is 18.7 Å². The first-order valence-corrected chi connectivity index (χ1v) is 6.05. The maximum Gasteiger partial charge on any atom is 0.407 e. The van der Waals surface area contributed by atoms with Crippen LogP contribution in [0, 0.1) is 0 Å². The summed E-state index contributed by atoms with van der Waals surface area (Å²) in [6.45, 7) is 6.02. The van der Waals surface area contributed by atoms with Gasteiger partial charge in [-0.15, -0.1) is 0 Å². The molecule has 5 nitrogen and oxygen atoms in total. The first kappa shape index (κ1) is 13.3. The maximum absolute atomic E-state index is 11.1. The largest absolute Gasteiger partial charge is 0.493 e. The number of benzene rings is 1. The van der Waals surface area contributed by atoms with Crippen molar-refractivity contribution in [2.75, 3.05) is 13.7 Å². The van der Waals surface area contributed by atoms with Crippen molar-refractivity contribution in [2.24, 2.45) is 0 Å². The minimum atomic E-state index is -0.400. The van der Waals surface area contributed by atoms with E-state index in [1.165, 1.54) is 0 Å². The average Bonchev–Trinajstić information content (AvgIpc) is 2.85. The Morgan fingerprint density at radius 2 is 2.32 bits per heavy atom.